The minimum Gasteiger partial charge on any atom is -0.550 e. The maximum Gasteiger partial charge on any atom is 1.00 e. The monoisotopic (exact) mass is 412 g/mol. The molecule has 0 bridgehead atoms. The molecule has 30 heavy (non-hydrogen) atoms. The molecule has 8 heteroatoms. The Morgan fingerprint density at radius 1 is 0.967 bits per heavy atom. The van der Waals surface area contributed by atoms with E-state index in [0.29, 0.717) is 5.56 Å². The molecule has 4 aromatic rings. The van der Waals surface area contributed by atoms with E-state index in [-0.39, 0.29) is 30.2 Å². The van der Waals surface area contributed by atoms with Crippen LogP contribution in [0.1, 0.15) is 5.56 Å². The first-order valence-electron chi connectivity index (χ1n) is 8.88. The minimum absolute atomic E-state index is 0. The number of aliphatic carboxylic acids is 1. The summed E-state index contributed by atoms with van der Waals surface area (Å²) >= 11 is 0. The van der Waals surface area contributed by atoms with Gasteiger partial charge in [-0.2, -0.15) is 0 Å². The van der Waals surface area contributed by atoms with Crippen LogP contribution in [-0.2, 0) is 21.1 Å². The molecule has 0 spiro atoms. The average Bonchev–Trinajstić information content (AvgIpc) is 3.11. The summed E-state index contributed by atoms with van der Waals surface area (Å²) in [6, 6.07) is 19.8. The molecule has 0 aliphatic rings. The minimum atomic E-state index is -3.23. The molecule has 0 fully saturated rings. The molecular formula is C22H17LiN2O4S. The molecule has 0 amide bonds. The van der Waals surface area contributed by atoms with Crippen molar-refractivity contribution < 1.29 is 37.2 Å². The Morgan fingerprint density at radius 2 is 1.60 bits per heavy atom. The van der Waals surface area contributed by atoms with Crippen LogP contribution in [-0.4, -0.2) is 30.2 Å². The van der Waals surface area contributed by atoms with Gasteiger partial charge in [-0.1, -0.05) is 30.3 Å². The zero-order valence-corrected chi connectivity index (χ0v) is 17.4. The predicted molar refractivity (Wildman–Crippen MR) is 108 cm³/mol. The summed E-state index contributed by atoms with van der Waals surface area (Å²) in [5.74, 6) is -1.11. The number of aromatic nitrogens is 2. The van der Waals surface area contributed by atoms with Gasteiger partial charge in [0.2, 0.25) is 0 Å². The number of hydrogen-bond donors (Lipinski definition) is 0. The molecule has 146 valence electrons. The molecule has 0 aliphatic carbocycles. The number of carboxylic acid groups (broad SMARTS) is 1. The van der Waals surface area contributed by atoms with E-state index in [4.69, 9.17) is 0 Å². The third-order valence-electron chi connectivity index (χ3n) is 4.73. The van der Waals surface area contributed by atoms with Gasteiger partial charge in [-0.15, -0.1) is 0 Å². The van der Waals surface area contributed by atoms with Gasteiger partial charge in [0.15, 0.2) is 9.84 Å². The summed E-state index contributed by atoms with van der Waals surface area (Å²) in [7, 11) is -3.23. The van der Waals surface area contributed by atoms with Crippen LogP contribution in [0.2, 0.25) is 0 Å². The molecule has 4 rings (SSSR count). The first kappa shape index (κ1) is 21.8. The van der Waals surface area contributed by atoms with Crippen LogP contribution < -0.4 is 24.0 Å². The number of fused-ring (bicyclic) bond motifs is 1. The van der Waals surface area contributed by atoms with Gasteiger partial charge >= 0.3 is 18.9 Å². The topological polar surface area (TPSA) is 92.1 Å². The standard InChI is InChI=1S/C22H18N2O4S.Li/c1-29(27,28)19-9-4-16(5-10-19)17-6-11-21-20(13-17)23-14-24(21)18-7-2-15(3-8-18)12-22(25)26;/h2-11,13-14H,12H2,1H3,(H,25,26);/q;+1/p-1. The largest absolute Gasteiger partial charge is 1.00 e. The second-order valence-electron chi connectivity index (χ2n) is 6.83. The van der Waals surface area contributed by atoms with E-state index in [1.807, 2.05) is 34.9 Å². The van der Waals surface area contributed by atoms with E-state index in [9.17, 15) is 18.3 Å². The van der Waals surface area contributed by atoms with E-state index in [1.165, 1.54) is 6.26 Å². The van der Waals surface area contributed by atoms with Crippen molar-refractivity contribution in [1.29, 1.82) is 0 Å². The van der Waals surface area contributed by atoms with Gasteiger partial charge < -0.3 is 9.90 Å². The van der Waals surface area contributed by atoms with Crippen LogP contribution in [0.3, 0.4) is 0 Å². The summed E-state index contributed by atoms with van der Waals surface area (Å²) in [5.41, 5.74) is 5.10. The molecule has 0 aliphatic heterocycles. The quantitative estimate of drug-likeness (QED) is 0.408. The molecule has 0 unspecified atom stereocenters. The number of carbonyl (C=O) groups is 1. The number of carbonyl (C=O) groups excluding carboxylic acids is 1. The zero-order chi connectivity index (χ0) is 20.6. The molecule has 0 N–H and O–H groups in total. The fourth-order valence-electron chi connectivity index (χ4n) is 3.23. The van der Waals surface area contributed by atoms with Gasteiger partial charge in [-0.25, -0.2) is 13.4 Å². The number of benzene rings is 3. The fraction of sp³-hybridized carbons (Fsp3) is 0.0909. The van der Waals surface area contributed by atoms with Crippen LogP contribution >= 0.6 is 0 Å². The number of imidazole rings is 1. The fourth-order valence-corrected chi connectivity index (χ4v) is 3.86. The summed E-state index contributed by atoms with van der Waals surface area (Å²) in [6.07, 6.45) is 2.78. The van der Waals surface area contributed by atoms with Crippen LogP contribution in [0.5, 0.6) is 0 Å². The summed E-state index contributed by atoms with van der Waals surface area (Å²) in [5, 5.41) is 10.7. The van der Waals surface area contributed by atoms with E-state index in [1.54, 1.807) is 42.7 Å². The Balaban J connectivity index is 0.00000256. The van der Waals surface area contributed by atoms with Crippen LogP contribution in [0, 0.1) is 0 Å². The second kappa shape index (κ2) is 8.48. The number of carboxylic acids is 1. The summed E-state index contributed by atoms with van der Waals surface area (Å²) in [4.78, 5) is 15.5. The van der Waals surface area contributed by atoms with Crippen molar-refractivity contribution in [1.82, 2.24) is 9.55 Å². The van der Waals surface area contributed by atoms with Gasteiger partial charge in [-0.3, -0.25) is 4.57 Å². The van der Waals surface area contributed by atoms with Crippen LogP contribution in [0.25, 0.3) is 27.8 Å². The van der Waals surface area contributed by atoms with Crippen molar-refractivity contribution in [2.24, 2.45) is 0 Å². The maximum atomic E-state index is 11.6. The predicted octanol–water partition coefficient (Wildman–Crippen LogP) is -0.608. The molecule has 0 atom stereocenters. The average molecular weight is 412 g/mol. The van der Waals surface area contributed by atoms with Crippen molar-refractivity contribution >= 4 is 26.8 Å². The molecule has 0 saturated heterocycles. The number of sulfone groups is 1. The van der Waals surface area contributed by atoms with Crippen molar-refractivity contribution in [3.63, 3.8) is 0 Å². The normalized spacial score (nSPS) is 11.2. The van der Waals surface area contributed by atoms with Crippen LogP contribution in [0.4, 0.5) is 0 Å². The van der Waals surface area contributed by atoms with Crippen molar-refractivity contribution in [2.45, 2.75) is 11.3 Å². The van der Waals surface area contributed by atoms with Crippen molar-refractivity contribution in [3.05, 3.63) is 78.6 Å². The number of nitrogens with zero attached hydrogens (tertiary/aromatic N) is 2. The van der Waals surface area contributed by atoms with Gasteiger partial charge in [0.25, 0.3) is 0 Å². The zero-order valence-electron chi connectivity index (χ0n) is 16.6. The molecule has 0 saturated carbocycles. The SMILES string of the molecule is CS(=O)(=O)c1ccc(-c2ccc3c(c2)ncn3-c2ccc(CC(=O)[O-])cc2)cc1.[Li+]. The first-order chi connectivity index (χ1) is 13.8. The van der Waals surface area contributed by atoms with E-state index in [0.717, 1.165) is 27.8 Å². The summed E-state index contributed by atoms with van der Waals surface area (Å²) < 4.78 is 25.2. The van der Waals surface area contributed by atoms with E-state index in [2.05, 4.69) is 4.98 Å². The maximum absolute atomic E-state index is 11.6. The molecule has 0 radical (unpaired) electrons. The van der Waals surface area contributed by atoms with Crippen molar-refractivity contribution in [3.8, 4) is 16.8 Å². The van der Waals surface area contributed by atoms with Gasteiger partial charge in [0.05, 0.1) is 15.9 Å². The van der Waals surface area contributed by atoms with Crippen molar-refractivity contribution in [2.75, 3.05) is 6.26 Å². The van der Waals surface area contributed by atoms with Gasteiger partial charge in [-0.05, 0) is 53.1 Å². The van der Waals surface area contributed by atoms with E-state index < -0.39 is 15.8 Å². The van der Waals surface area contributed by atoms with Crippen LogP contribution in [0.15, 0.2) is 78.0 Å². The Kier molecular flexibility index (Phi) is 6.18. The number of hydrogen-bond acceptors (Lipinski definition) is 5. The number of rotatable bonds is 5. The van der Waals surface area contributed by atoms with Gasteiger partial charge in [0.1, 0.15) is 6.33 Å². The molecule has 6 nitrogen and oxygen atoms in total. The first-order valence-corrected chi connectivity index (χ1v) is 10.8. The van der Waals surface area contributed by atoms with E-state index >= 15 is 0 Å². The molecule has 1 aromatic heterocycles. The Morgan fingerprint density at radius 3 is 2.20 bits per heavy atom. The Labute approximate surface area is 186 Å². The molecular weight excluding hydrogens is 395 g/mol. The third kappa shape index (κ3) is 4.49. The second-order valence-corrected chi connectivity index (χ2v) is 8.85. The Hall–Kier alpha value is -2.85. The molecule has 3 aromatic carbocycles. The summed E-state index contributed by atoms with van der Waals surface area (Å²) in [6.45, 7) is 0. The third-order valence-corrected chi connectivity index (χ3v) is 5.85. The van der Waals surface area contributed by atoms with Gasteiger partial charge in [0, 0.05) is 24.3 Å². The Bertz CT molecular complexity index is 1310. The smallest absolute Gasteiger partial charge is 0.550 e. The molecule has 1 heterocycles.